The second-order valence-electron chi connectivity index (χ2n) is 7.46. The van der Waals surface area contributed by atoms with Crippen molar-refractivity contribution in [2.45, 2.75) is 25.4 Å². The third-order valence-corrected chi connectivity index (χ3v) is 5.74. The number of benzene rings is 1. The molecular formula is C21H21N5O2. The van der Waals surface area contributed by atoms with Crippen molar-refractivity contribution in [1.29, 1.82) is 0 Å². The van der Waals surface area contributed by atoms with Gasteiger partial charge in [-0.1, -0.05) is 12.1 Å². The number of rotatable bonds is 1. The average Bonchev–Trinajstić information content (AvgIpc) is 3.12. The maximum atomic E-state index is 12.8. The Balaban J connectivity index is 1.43. The lowest BCUT2D eigenvalue weighted by Crippen LogP contribution is -2.49. The van der Waals surface area contributed by atoms with Gasteiger partial charge in [-0.3, -0.25) is 14.5 Å². The summed E-state index contributed by atoms with van der Waals surface area (Å²) in [5.74, 6) is 0.799. The average molecular weight is 375 g/mol. The maximum Gasteiger partial charge on any atom is 0.274 e. The molecule has 1 aromatic carbocycles. The van der Waals surface area contributed by atoms with Gasteiger partial charge < -0.3 is 9.64 Å². The summed E-state index contributed by atoms with van der Waals surface area (Å²) in [6.07, 6.45) is 6.51. The zero-order valence-electron chi connectivity index (χ0n) is 15.9. The molecule has 4 heterocycles. The van der Waals surface area contributed by atoms with Gasteiger partial charge in [0.1, 0.15) is 17.0 Å². The Morgan fingerprint density at radius 1 is 1.11 bits per heavy atom. The number of aryl methyl sites for hydroxylation is 2. The van der Waals surface area contributed by atoms with Crippen LogP contribution in [0.3, 0.4) is 0 Å². The minimum absolute atomic E-state index is 0.0787. The number of nitrogens with zero attached hydrogens (tertiary/aromatic N) is 5. The Bertz CT molecular complexity index is 1050. The summed E-state index contributed by atoms with van der Waals surface area (Å²) >= 11 is 0. The molecular weight excluding hydrogens is 354 g/mol. The Morgan fingerprint density at radius 2 is 1.89 bits per heavy atom. The number of amides is 1. The predicted octanol–water partition coefficient (Wildman–Crippen LogP) is 2.71. The topological polar surface area (TPSA) is 73.1 Å². The van der Waals surface area contributed by atoms with Crippen molar-refractivity contribution < 1.29 is 9.53 Å². The number of likely N-dealkylation sites (tertiary alicyclic amines) is 1. The largest absolute Gasteiger partial charge is 0.482 e. The van der Waals surface area contributed by atoms with Crippen molar-refractivity contribution in [2.75, 3.05) is 13.1 Å². The lowest BCUT2D eigenvalue weighted by molar-refractivity contribution is -0.00191. The van der Waals surface area contributed by atoms with E-state index in [4.69, 9.17) is 4.74 Å². The number of ether oxygens (including phenoxy) is 1. The van der Waals surface area contributed by atoms with Gasteiger partial charge in [0.25, 0.3) is 5.91 Å². The highest BCUT2D eigenvalue weighted by molar-refractivity contribution is 5.92. The van der Waals surface area contributed by atoms with E-state index < -0.39 is 5.60 Å². The van der Waals surface area contributed by atoms with E-state index in [1.54, 1.807) is 12.4 Å². The van der Waals surface area contributed by atoms with Crippen LogP contribution < -0.4 is 4.74 Å². The van der Waals surface area contributed by atoms with Crippen molar-refractivity contribution in [2.24, 2.45) is 7.05 Å². The lowest BCUT2D eigenvalue weighted by atomic mass is 9.81. The van der Waals surface area contributed by atoms with Crippen LogP contribution in [0.1, 0.15) is 34.6 Å². The Kier molecular flexibility index (Phi) is 3.72. The fourth-order valence-corrected chi connectivity index (χ4v) is 4.21. The summed E-state index contributed by atoms with van der Waals surface area (Å²) < 4.78 is 8.44. The van der Waals surface area contributed by atoms with Gasteiger partial charge in [0.2, 0.25) is 0 Å². The van der Waals surface area contributed by atoms with Crippen LogP contribution in [0, 0.1) is 6.92 Å². The normalized spacial score (nSPS) is 17.0. The molecule has 0 radical (unpaired) electrons. The molecule has 3 aromatic rings. The first-order valence-electron chi connectivity index (χ1n) is 9.46. The maximum absolute atomic E-state index is 12.8. The van der Waals surface area contributed by atoms with E-state index >= 15 is 0 Å². The fraction of sp³-hybridized carbons (Fsp3) is 0.333. The van der Waals surface area contributed by atoms with Gasteiger partial charge in [0.15, 0.2) is 0 Å². The smallest absolute Gasteiger partial charge is 0.274 e. The zero-order valence-corrected chi connectivity index (χ0v) is 15.9. The van der Waals surface area contributed by atoms with Crippen LogP contribution in [0.5, 0.6) is 5.75 Å². The van der Waals surface area contributed by atoms with Gasteiger partial charge in [-0.25, -0.2) is 4.98 Å². The summed E-state index contributed by atoms with van der Waals surface area (Å²) in [7, 11) is 1.96. The molecule has 5 rings (SSSR count). The third-order valence-electron chi connectivity index (χ3n) is 5.74. The van der Waals surface area contributed by atoms with Crippen molar-refractivity contribution >= 4 is 5.91 Å². The summed E-state index contributed by atoms with van der Waals surface area (Å²) in [5.41, 5.74) is 4.01. The third kappa shape index (κ3) is 2.50. The molecule has 2 aliphatic rings. The summed E-state index contributed by atoms with van der Waals surface area (Å²) in [4.78, 5) is 23.1. The van der Waals surface area contributed by atoms with E-state index in [1.165, 1.54) is 0 Å². The molecule has 7 heteroatoms. The number of carbonyl (C=O) groups excluding carboxylic acids is 1. The van der Waals surface area contributed by atoms with Crippen LogP contribution in [0.2, 0.25) is 0 Å². The highest BCUT2D eigenvalue weighted by Gasteiger charge is 2.45. The van der Waals surface area contributed by atoms with E-state index in [2.05, 4.69) is 21.1 Å². The lowest BCUT2D eigenvalue weighted by Gasteiger charge is -2.44. The molecule has 0 atom stereocenters. The van der Waals surface area contributed by atoms with Crippen LogP contribution in [0.15, 0.2) is 42.9 Å². The molecule has 7 nitrogen and oxygen atoms in total. The first-order chi connectivity index (χ1) is 13.6. The summed E-state index contributed by atoms with van der Waals surface area (Å²) in [6.45, 7) is 3.06. The van der Waals surface area contributed by atoms with Crippen molar-refractivity contribution in [3.05, 3.63) is 59.8 Å². The highest BCUT2D eigenvalue weighted by Crippen LogP contribution is 2.49. The number of fused-ring (bicyclic) bond motifs is 4. The van der Waals surface area contributed by atoms with Gasteiger partial charge >= 0.3 is 0 Å². The van der Waals surface area contributed by atoms with E-state index in [9.17, 15) is 4.79 Å². The number of aromatic nitrogens is 4. The number of para-hydroxylation sites is 1. The molecule has 0 saturated carbocycles. The Labute approximate surface area is 163 Å². The van der Waals surface area contributed by atoms with E-state index in [0.717, 1.165) is 28.3 Å². The Hall–Kier alpha value is -3.22. The standard InChI is InChI=1S/C21H21N5O2/c1-14-11-23-17(13-22-14)20(27)26-9-7-21(8-10-26)16-12-24-25(2)19(16)15-5-3-4-6-18(15)28-21/h3-6,11-13H,7-10H2,1-2H3. The van der Waals surface area contributed by atoms with Crippen LogP contribution in [-0.4, -0.2) is 43.6 Å². The van der Waals surface area contributed by atoms with Gasteiger partial charge in [0.05, 0.1) is 23.8 Å². The van der Waals surface area contributed by atoms with E-state index in [0.29, 0.717) is 31.6 Å². The first kappa shape index (κ1) is 16.9. The molecule has 142 valence electrons. The number of hydrogen-bond donors (Lipinski definition) is 0. The van der Waals surface area contributed by atoms with Gasteiger partial charge in [-0.05, 0) is 19.1 Å². The van der Waals surface area contributed by atoms with Crippen LogP contribution in [0.25, 0.3) is 11.3 Å². The number of carbonyl (C=O) groups is 1. The van der Waals surface area contributed by atoms with Gasteiger partial charge in [-0.15, -0.1) is 0 Å². The van der Waals surface area contributed by atoms with Crippen LogP contribution in [0.4, 0.5) is 0 Å². The predicted molar refractivity (Wildman–Crippen MR) is 103 cm³/mol. The molecule has 0 N–H and O–H groups in total. The zero-order chi connectivity index (χ0) is 19.3. The minimum atomic E-state index is -0.451. The van der Waals surface area contributed by atoms with Crippen LogP contribution in [-0.2, 0) is 12.6 Å². The molecule has 1 spiro atoms. The van der Waals surface area contributed by atoms with Crippen molar-refractivity contribution in [1.82, 2.24) is 24.6 Å². The highest BCUT2D eigenvalue weighted by atomic mass is 16.5. The SMILES string of the molecule is Cc1cnc(C(=O)N2CCC3(CC2)Oc2ccccc2-c2c3cnn2C)cn1. The van der Waals surface area contributed by atoms with Gasteiger partial charge in [-0.2, -0.15) is 5.10 Å². The monoisotopic (exact) mass is 375 g/mol. The summed E-state index contributed by atoms with van der Waals surface area (Å²) in [5, 5.41) is 4.49. The molecule has 0 unspecified atom stereocenters. The second-order valence-corrected chi connectivity index (χ2v) is 7.46. The Morgan fingerprint density at radius 3 is 2.64 bits per heavy atom. The molecule has 1 fully saturated rings. The molecule has 0 aliphatic carbocycles. The fourth-order valence-electron chi connectivity index (χ4n) is 4.21. The van der Waals surface area contributed by atoms with Crippen molar-refractivity contribution in [3.63, 3.8) is 0 Å². The van der Waals surface area contributed by atoms with Crippen molar-refractivity contribution in [3.8, 4) is 17.0 Å². The van der Waals surface area contributed by atoms with E-state index in [1.807, 2.05) is 47.9 Å². The first-order valence-corrected chi connectivity index (χ1v) is 9.46. The summed E-state index contributed by atoms with van der Waals surface area (Å²) in [6, 6.07) is 8.08. The number of piperidine rings is 1. The quantitative estimate of drug-likeness (QED) is 0.654. The molecule has 0 bridgehead atoms. The molecule has 1 amide bonds. The van der Waals surface area contributed by atoms with Crippen LogP contribution >= 0.6 is 0 Å². The molecule has 1 saturated heterocycles. The van der Waals surface area contributed by atoms with Gasteiger partial charge in [0, 0.05) is 50.3 Å². The molecule has 2 aliphatic heterocycles. The number of hydrogen-bond acceptors (Lipinski definition) is 5. The molecule has 28 heavy (non-hydrogen) atoms. The minimum Gasteiger partial charge on any atom is -0.482 e. The van der Waals surface area contributed by atoms with E-state index in [-0.39, 0.29) is 5.91 Å². The molecule has 2 aromatic heterocycles. The second kappa shape index (κ2) is 6.15.